The monoisotopic (exact) mass is 519 g/mol. The Hall–Kier alpha value is -1.61. The van der Waals surface area contributed by atoms with Gasteiger partial charge in [-0.05, 0) is 63.0 Å². The van der Waals surface area contributed by atoms with E-state index in [1.165, 1.54) is 0 Å². The highest BCUT2D eigenvalue weighted by Crippen LogP contribution is 2.56. The summed E-state index contributed by atoms with van der Waals surface area (Å²) in [6.07, 6.45) is 1.49. The minimum Gasteiger partial charge on any atom is -0.458 e. The third-order valence-corrected chi connectivity index (χ3v) is 9.66. The summed E-state index contributed by atoms with van der Waals surface area (Å²) in [6, 6.07) is 0. The number of aromatic nitrogens is 1. The molecule has 1 saturated carbocycles. The number of ether oxygens (including phenoxy) is 2. The maximum atomic E-state index is 13.3. The van der Waals surface area contributed by atoms with E-state index in [0.717, 1.165) is 29.1 Å². The predicted octanol–water partition coefficient (Wildman–Crippen LogP) is 4.33. The summed E-state index contributed by atoms with van der Waals surface area (Å²) < 4.78 is 12.1. The second kappa shape index (κ2) is 9.93. The number of aliphatic hydroxyl groups is 2. The number of ketones is 1. The first-order valence-corrected chi connectivity index (χ1v) is 14.0. The van der Waals surface area contributed by atoms with E-state index in [0.29, 0.717) is 18.3 Å². The minimum absolute atomic E-state index is 0.0277. The number of esters is 1. The number of epoxide rings is 1. The Labute approximate surface area is 218 Å². The first-order valence-electron chi connectivity index (χ1n) is 13.1. The van der Waals surface area contributed by atoms with Crippen LogP contribution < -0.4 is 0 Å². The number of nitrogens with zero attached hydrogens (tertiary/aromatic N) is 1. The van der Waals surface area contributed by atoms with Crippen LogP contribution in [0.1, 0.15) is 77.9 Å². The number of hydrogen-bond donors (Lipinski definition) is 2. The SMILES string of the molecule is C/C(=C\c1csc(C)n1)[C@H]1CC2OC2(C)CC2CC2[C@H](C)[C@@H](O)[C@@H](C)C(=O)C(C)(C)[C@@H](O)CC(=O)O1. The number of carbonyl (C=O) groups is 2. The van der Waals surface area contributed by atoms with Crippen molar-refractivity contribution in [2.24, 2.45) is 29.1 Å². The topological polar surface area (TPSA) is 109 Å². The number of hydrogen-bond acceptors (Lipinski definition) is 8. The van der Waals surface area contributed by atoms with Crippen LogP contribution in [0.4, 0.5) is 0 Å². The predicted molar refractivity (Wildman–Crippen MR) is 138 cm³/mol. The molecule has 4 rings (SSSR count). The summed E-state index contributed by atoms with van der Waals surface area (Å²) in [5.74, 6) is -0.686. The second-order valence-corrected chi connectivity index (χ2v) is 13.2. The van der Waals surface area contributed by atoms with Crippen LogP contribution in [-0.2, 0) is 19.1 Å². The van der Waals surface area contributed by atoms with Gasteiger partial charge in [-0.2, -0.15) is 0 Å². The van der Waals surface area contributed by atoms with Gasteiger partial charge in [0.15, 0.2) is 0 Å². The van der Waals surface area contributed by atoms with Crippen LogP contribution >= 0.6 is 11.3 Å². The molecule has 8 heteroatoms. The normalized spacial score (nSPS) is 41.8. The van der Waals surface area contributed by atoms with Crippen molar-refractivity contribution in [3.63, 3.8) is 0 Å². The number of Topliss-reactive ketones (excluding diaryl/α,β-unsaturated/α-hetero) is 1. The highest BCUT2D eigenvalue weighted by atomic mass is 32.1. The lowest BCUT2D eigenvalue weighted by Gasteiger charge is -2.34. The zero-order valence-electron chi connectivity index (χ0n) is 22.5. The van der Waals surface area contributed by atoms with E-state index in [-0.39, 0.29) is 29.8 Å². The fourth-order valence-corrected chi connectivity index (χ4v) is 6.54. The van der Waals surface area contributed by atoms with E-state index < -0.39 is 35.6 Å². The van der Waals surface area contributed by atoms with Crippen LogP contribution in [-0.4, -0.2) is 57.0 Å². The van der Waals surface area contributed by atoms with Crippen LogP contribution in [0.25, 0.3) is 6.08 Å². The van der Waals surface area contributed by atoms with Crippen molar-refractivity contribution >= 4 is 29.2 Å². The zero-order chi connectivity index (χ0) is 26.6. The van der Waals surface area contributed by atoms with Gasteiger partial charge >= 0.3 is 5.97 Å². The van der Waals surface area contributed by atoms with Crippen molar-refractivity contribution in [2.45, 2.75) is 104 Å². The first-order chi connectivity index (χ1) is 16.7. The van der Waals surface area contributed by atoms with Crippen molar-refractivity contribution in [3.8, 4) is 0 Å². The molecule has 9 atom stereocenters. The molecule has 3 aliphatic rings. The molecule has 3 fully saturated rings. The van der Waals surface area contributed by atoms with Gasteiger partial charge in [-0.25, -0.2) is 4.98 Å². The fraction of sp³-hybridized carbons (Fsp3) is 0.750. The van der Waals surface area contributed by atoms with Crippen LogP contribution in [0.15, 0.2) is 11.0 Å². The van der Waals surface area contributed by atoms with Gasteiger partial charge in [0.25, 0.3) is 0 Å². The van der Waals surface area contributed by atoms with Gasteiger partial charge in [0.2, 0.25) is 0 Å². The van der Waals surface area contributed by atoms with Gasteiger partial charge in [0.1, 0.15) is 11.9 Å². The summed E-state index contributed by atoms with van der Waals surface area (Å²) in [7, 11) is 0. The highest BCUT2D eigenvalue weighted by molar-refractivity contribution is 7.09. The summed E-state index contributed by atoms with van der Waals surface area (Å²) in [6.45, 7) is 13.0. The Morgan fingerprint density at radius 1 is 1.19 bits per heavy atom. The van der Waals surface area contributed by atoms with Crippen LogP contribution in [0.3, 0.4) is 0 Å². The quantitative estimate of drug-likeness (QED) is 0.442. The van der Waals surface area contributed by atoms with E-state index in [1.54, 1.807) is 32.1 Å². The van der Waals surface area contributed by atoms with Gasteiger partial charge < -0.3 is 19.7 Å². The van der Waals surface area contributed by atoms with Gasteiger partial charge in [0.05, 0.1) is 46.5 Å². The molecule has 36 heavy (non-hydrogen) atoms. The molecule has 1 aromatic rings. The van der Waals surface area contributed by atoms with Gasteiger partial charge in [-0.15, -0.1) is 11.3 Å². The molecule has 0 aromatic carbocycles. The zero-order valence-corrected chi connectivity index (χ0v) is 23.3. The van der Waals surface area contributed by atoms with Crippen molar-refractivity contribution in [1.29, 1.82) is 0 Å². The molecule has 0 radical (unpaired) electrons. The van der Waals surface area contributed by atoms with Crippen LogP contribution in [0, 0.1) is 36.0 Å². The number of fused-ring (bicyclic) bond motifs is 2. The Kier molecular flexibility index (Phi) is 7.57. The van der Waals surface area contributed by atoms with E-state index in [4.69, 9.17) is 9.47 Å². The average molecular weight is 520 g/mol. The molecular weight excluding hydrogens is 478 g/mol. The second-order valence-electron chi connectivity index (χ2n) is 12.1. The molecule has 4 unspecified atom stereocenters. The lowest BCUT2D eigenvalue weighted by molar-refractivity contribution is -0.154. The van der Waals surface area contributed by atoms with E-state index in [2.05, 4.69) is 11.9 Å². The molecule has 7 nitrogen and oxygen atoms in total. The third-order valence-electron chi connectivity index (χ3n) is 8.87. The number of aliphatic hydroxyl groups excluding tert-OH is 2. The molecule has 3 heterocycles. The molecule has 2 N–H and O–H groups in total. The molecule has 1 aromatic heterocycles. The lowest BCUT2D eigenvalue weighted by Crippen LogP contribution is -2.46. The summed E-state index contributed by atoms with van der Waals surface area (Å²) in [5, 5.41) is 24.9. The van der Waals surface area contributed by atoms with Gasteiger partial charge in [0, 0.05) is 17.7 Å². The number of rotatable bonds is 2. The maximum Gasteiger partial charge on any atom is 0.309 e. The smallest absolute Gasteiger partial charge is 0.309 e. The molecular formula is C28H41NO6S. The number of cyclic esters (lactones) is 1. The van der Waals surface area contributed by atoms with E-state index in [1.807, 2.05) is 32.2 Å². The Balaban J connectivity index is 1.59. The summed E-state index contributed by atoms with van der Waals surface area (Å²) >= 11 is 1.56. The third kappa shape index (κ3) is 5.62. The van der Waals surface area contributed by atoms with Crippen molar-refractivity contribution < 1.29 is 29.3 Å². The Bertz CT molecular complexity index is 1030. The first kappa shape index (κ1) is 27.4. The Morgan fingerprint density at radius 3 is 2.53 bits per heavy atom. The van der Waals surface area contributed by atoms with Crippen molar-refractivity contribution in [2.75, 3.05) is 0 Å². The molecule has 200 valence electrons. The van der Waals surface area contributed by atoms with E-state index in [9.17, 15) is 19.8 Å². The summed E-state index contributed by atoms with van der Waals surface area (Å²) in [4.78, 5) is 30.8. The van der Waals surface area contributed by atoms with Crippen molar-refractivity contribution in [3.05, 3.63) is 21.7 Å². The van der Waals surface area contributed by atoms with Crippen LogP contribution in [0.5, 0.6) is 0 Å². The lowest BCUT2D eigenvalue weighted by atomic mass is 9.72. The number of carbonyl (C=O) groups excluding carboxylic acids is 2. The molecule has 0 bridgehead atoms. The minimum atomic E-state index is -1.22. The van der Waals surface area contributed by atoms with E-state index >= 15 is 0 Å². The standard InChI is InChI=1S/C28H41NO6S/c1-14(8-19-13-36-17(4)29-19)21-10-23-28(7,35-23)12-18-9-20(18)15(2)25(32)16(3)26(33)27(5,6)22(30)11-24(31)34-21/h8,13,15-16,18,20-23,25,30,32H,9-12H2,1-7H3/b14-8+/t15-,16+,18?,20?,21+,22-,23?,25+,28?/m0/s1. The van der Waals surface area contributed by atoms with Crippen LogP contribution in [0.2, 0.25) is 0 Å². The van der Waals surface area contributed by atoms with Gasteiger partial charge in [-0.3, -0.25) is 9.59 Å². The molecule has 2 aliphatic heterocycles. The molecule has 0 amide bonds. The molecule has 2 saturated heterocycles. The number of thiazole rings is 1. The molecule has 0 spiro atoms. The highest BCUT2D eigenvalue weighted by Gasteiger charge is 2.58. The number of aryl methyl sites for hydroxylation is 1. The summed E-state index contributed by atoms with van der Waals surface area (Å²) in [5.41, 5.74) is 0.209. The van der Waals surface area contributed by atoms with Gasteiger partial charge in [-0.1, -0.05) is 27.7 Å². The average Bonchev–Trinajstić information content (AvgIpc) is 3.66. The Morgan fingerprint density at radius 2 is 1.89 bits per heavy atom. The maximum absolute atomic E-state index is 13.3. The molecule has 1 aliphatic carbocycles. The fourth-order valence-electron chi connectivity index (χ4n) is 5.97. The van der Waals surface area contributed by atoms with Crippen molar-refractivity contribution in [1.82, 2.24) is 4.98 Å². The largest absolute Gasteiger partial charge is 0.458 e.